The van der Waals surface area contributed by atoms with Crippen LogP contribution in [-0.2, 0) is 12.6 Å². The van der Waals surface area contributed by atoms with Crippen molar-refractivity contribution in [1.29, 1.82) is 0 Å². The lowest BCUT2D eigenvalue weighted by molar-refractivity contribution is -0.137. The molecular weight excluding hydrogens is 303 g/mol. The van der Waals surface area contributed by atoms with Crippen molar-refractivity contribution in [2.45, 2.75) is 19.5 Å². The Morgan fingerprint density at radius 1 is 1.04 bits per heavy atom. The first kappa shape index (κ1) is 14.1. The zero-order chi connectivity index (χ0) is 16.2. The topological polar surface area (TPSA) is 22.1 Å². The molecule has 0 aliphatic carbocycles. The number of fused-ring (bicyclic) bond motifs is 4. The molecule has 1 aliphatic rings. The van der Waals surface area contributed by atoms with Crippen molar-refractivity contribution in [3.05, 3.63) is 64.8 Å². The van der Waals surface area contributed by atoms with Gasteiger partial charge in [-0.25, -0.2) is 0 Å². The summed E-state index contributed by atoms with van der Waals surface area (Å²) in [6.07, 6.45) is -2.11. The van der Waals surface area contributed by atoms with Crippen molar-refractivity contribution >= 4 is 10.9 Å². The van der Waals surface area contributed by atoms with Crippen LogP contribution in [0.5, 0.6) is 11.5 Å². The molecule has 0 saturated heterocycles. The summed E-state index contributed by atoms with van der Waals surface area (Å²) in [7, 11) is 0. The Morgan fingerprint density at radius 3 is 2.65 bits per heavy atom. The number of benzene rings is 2. The molecule has 0 fully saturated rings. The molecule has 0 radical (unpaired) electrons. The molecule has 0 unspecified atom stereocenters. The van der Waals surface area contributed by atoms with E-state index in [-0.39, 0.29) is 5.52 Å². The first-order valence-electron chi connectivity index (χ1n) is 7.18. The van der Waals surface area contributed by atoms with Gasteiger partial charge in [-0.05, 0) is 36.8 Å². The normalized spacial score (nSPS) is 13.4. The summed E-state index contributed by atoms with van der Waals surface area (Å²) in [6, 6.07) is 9.46. The van der Waals surface area contributed by atoms with E-state index in [1.807, 2.05) is 19.1 Å². The molecule has 5 heteroatoms. The molecule has 0 amide bonds. The highest BCUT2D eigenvalue weighted by Crippen LogP contribution is 2.41. The molecule has 1 aliphatic heterocycles. The van der Waals surface area contributed by atoms with Gasteiger partial charge in [-0.15, -0.1) is 0 Å². The summed E-state index contributed by atoms with van der Waals surface area (Å²) < 4.78 is 44.4. The highest BCUT2D eigenvalue weighted by Gasteiger charge is 2.31. The van der Waals surface area contributed by atoms with E-state index in [0.29, 0.717) is 17.6 Å². The number of ether oxygens (including phenoxy) is 1. The van der Waals surface area contributed by atoms with Gasteiger partial charge in [0.2, 0.25) is 0 Å². The van der Waals surface area contributed by atoms with Gasteiger partial charge in [0.15, 0.2) is 0 Å². The van der Waals surface area contributed by atoms with Gasteiger partial charge in [0, 0.05) is 23.6 Å². The second-order valence-electron chi connectivity index (χ2n) is 5.73. The van der Waals surface area contributed by atoms with Gasteiger partial charge < -0.3 is 4.74 Å². The van der Waals surface area contributed by atoms with E-state index in [2.05, 4.69) is 11.1 Å². The van der Waals surface area contributed by atoms with Crippen molar-refractivity contribution in [3.8, 4) is 11.5 Å². The van der Waals surface area contributed by atoms with Gasteiger partial charge in [-0.3, -0.25) is 4.98 Å². The first-order chi connectivity index (χ1) is 10.9. The maximum absolute atomic E-state index is 12.8. The molecule has 0 atom stereocenters. The van der Waals surface area contributed by atoms with Crippen LogP contribution in [0.15, 0.2) is 42.6 Å². The fourth-order valence-corrected chi connectivity index (χ4v) is 2.89. The summed E-state index contributed by atoms with van der Waals surface area (Å²) in [5, 5.41) is 0.599. The molecule has 2 heterocycles. The molecule has 1 aromatic heterocycles. The number of aryl methyl sites for hydroxylation is 1. The van der Waals surface area contributed by atoms with E-state index >= 15 is 0 Å². The van der Waals surface area contributed by atoms with Gasteiger partial charge in [0.25, 0.3) is 0 Å². The zero-order valence-electron chi connectivity index (χ0n) is 12.2. The molecule has 0 saturated carbocycles. The molecule has 4 rings (SSSR count). The van der Waals surface area contributed by atoms with E-state index < -0.39 is 11.7 Å². The predicted molar refractivity (Wildman–Crippen MR) is 80.8 cm³/mol. The van der Waals surface area contributed by atoms with E-state index in [9.17, 15) is 13.2 Å². The second kappa shape index (κ2) is 4.72. The number of nitrogens with zero attached hydrogens (tertiary/aromatic N) is 1. The minimum absolute atomic E-state index is 0.286. The Kier molecular flexibility index (Phi) is 2.88. The van der Waals surface area contributed by atoms with Crippen LogP contribution in [0, 0.1) is 6.92 Å². The Labute approximate surface area is 130 Å². The van der Waals surface area contributed by atoms with E-state index in [1.165, 1.54) is 6.07 Å². The molecule has 0 spiro atoms. The van der Waals surface area contributed by atoms with Gasteiger partial charge >= 0.3 is 6.18 Å². The van der Waals surface area contributed by atoms with Crippen LogP contribution in [-0.4, -0.2) is 4.98 Å². The molecule has 2 nitrogen and oxygen atoms in total. The maximum Gasteiger partial charge on any atom is 0.416 e. The number of hydrogen-bond acceptors (Lipinski definition) is 2. The third-order valence-electron chi connectivity index (χ3n) is 4.03. The molecule has 0 bridgehead atoms. The monoisotopic (exact) mass is 315 g/mol. The highest BCUT2D eigenvalue weighted by atomic mass is 19.4. The van der Waals surface area contributed by atoms with Crippen LogP contribution < -0.4 is 4.74 Å². The van der Waals surface area contributed by atoms with Gasteiger partial charge in [0.05, 0.1) is 11.1 Å². The van der Waals surface area contributed by atoms with Gasteiger partial charge in [-0.2, -0.15) is 13.2 Å². The summed E-state index contributed by atoms with van der Waals surface area (Å²) in [4.78, 5) is 4.18. The minimum Gasteiger partial charge on any atom is -0.456 e. The Balaban J connectivity index is 1.86. The Hall–Kier alpha value is -2.56. The summed E-state index contributed by atoms with van der Waals surface area (Å²) in [6.45, 7) is 2.01. The van der Waals surface area contributed by atoms with Crippen LogP contribution in [0.25, 0.3) is 10.9 Å². The van der Waals surface area contributed by atoms with Crippen molar-refractivity contribution in [2.75, 3.05) is 0 Å². The number of halogens is 3. The summed E-state index contributed by atoms with van der Waals surface area (Å²) >= 11 is 0. The van der Waals surface area contributed by atoms with E-state index in [4.69, 9.17) is 4.74 Å². The zero-order valence-corrected chi connectivity index (χ0v) is 12.2. The highest BCUT2D eigenvalue weighted by molar-refractivity contribution is 5.87. The number of rotatable bonds is 0. The van der Waals surface area contributed by atoms with Crippen molar-refractivity contribution in [1.82, 2.24) is 4.98 Å². The van der Waals surface area contributed by atoms with Crippen LogP contribution in [0.1, 0.15) is 22.3 Å². The smallest absolute Gasteiger partial charge is 0.416 e. The number of hydrogen-bond donors (Lipinski definition) is 0. The van der Waals surface area contributed by atoms with Gasteiger partial charge in [0.1, 0.15) is 11.5 Å². The third-order valence-corrected chi connectivity index (χ3v) is 4.03. The predicted octanol–water partition coefficient (Wildman–Crippen LogP) is 5.26. The van der Waals surface area contributed by atoms with E-state index in [1.54, 1.807) is 6.20 Å². The SMILES string of the molecule is Cc1ccc2c(c1)Cc1cnc3cc(C(F)(F)F)ccc3c1O2. The number of alkyl halides is 3. The van der Waals surface area contributed by atoms with Crippen molar-refractivity contribution < 1.29 is 17.9 Å². The van der Waals surface area contributed by atoms with Gasteiger partial charge in [-0.1, -0.05) is 17.7 Å². The minimum atomic E-state index is -4.38. The molecule has 3 aromatic rings. The maximum atomic E-state index is 12.8. The number of aromatic nitrogens is 1. The van der Waals surface area contributed by atoms with Crippen molar-refractivity contribution in [2.24, 2.45) is 0 Å². The molecule has 116 valence electrons. The summed E-state index contributed by atoms with van der Waals surface area (Å²) in [5.41, 5.74) is 2.67. The molecule has 0 N–H and O–H groups in total. The largest absolute Gasteiger partial charge is 0.456 e. The third kappa shape index (κ3) is 2.32. The first-order valence-corrected chi connectivity index (χ1v) is 7.18. The quantitative estimate of drug-likeness (QED) is 0.441. The second-order valence-corrected chi connectivity index (χ2v) is 5.73. The molecule has 23 heavy (non-hydrogen) atoms. The Bertz CT molecular complexity index is 931. The van der Waals surface area contributed by atoms with Crippen molar-refractivity contribution in [3.63, 3.8) is 0 Å². The lowest BCUT2D eigenvalue weighted by Crippen LogP contribution is -2.07. The standard InChI is InChI=1S/C18H12F3NO/c1-10-2-5-16-11(6-10)7-12-9-22-15-8-13(18(19,20)21)3-4-14(15)17(12)23-16/h2-6,8-9H,7H2,1H3. The number of pyridine rings is 1. The average Bonchev–Trinajstić information content (AvgIpc) is 2.51. The Morgan fingerprint density at radius 2 is 1.87 bits per heavy atom. The van der Waals surface area contributed by atoms with Crippen LogP contribution >= 0.6 is 0 Å². The fourth-order valence-electron chi connectivity index (χ4n) is 2.89. The summed E-state index contributed by atoms with van der Waals surface area (Å²) in [5.74, 6) is 1.34. The average molecular weight is 315 g/mol. The molecular formula is C18H12F3NO. The molecule has 2 aromatic carbocycles. The van der Waals surface area contributed by atoms with Crippen LogP contribution in [0.4, 0.5) is 13.2 Å². The fraction of sp³-hybridized carbons (Fsp3) is 0.167. The van der Waals surface area contributed by atoms with Crippen LogP contribution in [0.3, 0.4) is 0 Å². The lowest BCUT2D eigenvalue weighted by Gasteiger charge is -2.22. The van der Waals surface area contributed by atoms with E-state index in [0.717, 1.165) is 34.6 Å². The lowest BCUT2D eigenvalue weighted by atomic mass is 9.98. The van der Waals surface area contributed by atoms with Crippen LogP contribution in [0.2, 0.25) is 0 Å².